The molecule has 1 fully saturated rings. The number of rotatable bonds is 8. The van der Waals surface area contributed by atoms with Crippen LogP contribution in [0.5, 0.6) is 5.75 Å². The second kappa shape index (κ2) is 7.71. The van der Waals surface area contributed by atoms with Crippen molar-refractivity contribution < 1.29 is 18.3 Å². The Morgan fingerprint density at radius 1 is 1.24 bits per heavy atom. The number of benzene rings is 1. The van der Waals surface area contributed by atoms with Crippen molar-refractivity contribution in [1.29, 1.82) is 0 Å². The molecule has 3 nitrogen and oxygen atoms in total. The summed E-state index contributed by atoms with van der Waals surface area (Å²) < 4.78 is 38.0. The zero-order valence-electron chi connectivity index (χ0n) is 12.6. The van der Waals surface area contributed by atoms with Crippen LogP contribution in [-0.4, -0.2) is 31.4 Å². The summed E-state index contributed by atoms with van der Waals surface area (Å²) in [6.45, 7) is 5.73. The van der Waals surface area contributed by atoms with Crippen molar-refractivity contribution >= 4 is 0 Å². The molecule has 1 saturated carbocycles. The van der Waals surface area contributed by atoms with E-state index in [1.54, 1.807) is 0 Å². The lowest BCUT2D eigenvalue weighted by molar-refractivity contribution is -0.108. The van der Waals surface area contributed by atoms with E-state index in [-0.39, 0.29) is 24.0 Å². The molecule has 0 aromatic heterocycles. The molecule has 0 radical (unpaired) electrons. The minimum Gasteiger partial charge on any atom is -0.485 e. The first-order valence-electron chi connectivity index (χ1n) is 7.62. The van der Waals surface area contributed by atoms with E-state index in [1.807, 2.05) is 6.92 Å². The van der Waals surface area contributed by atoms with Gasteiger partial charge in [-0.15, -0.1) is 0 Å². The molecule has 1 aromatic rings. The first kappa shape index (κ1) is 16.2. The van der Waals surface area contributed by atoms with Crippen LogP contribution in [0.1, 0.15) is 33.1 Å². The zero-order valence-corrected chi connectivity index (χ0v) is 12.6. The van der Waals surface area contributed by atoms with Crippen LogP contribution >= 0.6 is 0 Å². The Labute approximate surface area is 124 Å². The highest BCUT2D eigenvalue weighted by atomic mass is 19.1. The van der Waals surface area contributed by atoms with Gasteiger partial charge in [0.25, 0.3) is 0 Å². The van der Waals surface area contributed by atoms with E-state index in [2.05, 4.69) is 12.2 Å². The summed E-state index contributed by atoms with van der Waals surface area (Å²) >= 11 is 0. The van der Waals surface area contributed by atoms with E-state index in [9.17, 15) is 8.78 Å². The summed E-state index contributed by atoms with van der Waals surface area (Å²) in [7, 11) is 0. The average molecular weight is 299 g/mol. The number of ether oxygens (including phenoxy) is 2. The molecule has 1 N–H and O–H groups in total. The molecule has 0 bridgehead atoms. The van der Waals surface area contributed by atoms with Gasteiger partial charge in [0.1, 0.15) is 18.0 Å². The molecule has 5 heteroatoms. The van der Waals surface area contributed by atoms with Crippen LogP contribution in [0.15, 0.2) is 18.2 Å². The van der Waals surface area contributed by atoms with Gasteiger partial charge in [-0.2, -0.15) is 0 Å². The highest BCUT2D eigenvalue weighted by Gasteiger charge is 2.43. The van der Waals surface area contributed by atoms with Crippen LogP contribution in [0.3, 0.4) is 0 Å². The fourth-order valence-electron chi connectivity index (χ4n) is 2.44. The van der Waals surface area contributed by atoms with Gasteiger partial charge in [0, 0.05) is 25.1 Å². The first-order valence-corrected chi connectivity index (χ1v) is 7.62. The van der Waals surface area contributed by atoms with Crippen LogP contribution in [0, 0.1) is 11.6 Å². The summed E-state index contributed by atoms with van der Waals surface area (Å²) in [5.41, 5.74) is 0. The van der Waals surface area contributed by atoms with Gasteiger partial charge in [-0.05, 0) is 31.5 Å². The maximum atomic E-state index is 13.6. The Morgan fingerprint density at radius 3 is 2.71 bits per heavy atom. The molecular formula is C16H23F2NO2. The van der Waals surface area contributed by atoms with Crippen molar-refractivity contribution in [2.24, 2.45) is 0 Å². The van der Waals surface area contributed by atoms with Crippen LogP contribution in [-0.2, 0) is 4.74 Å². The molecule has 1 aromatic carbocycles. The lowest BCUT2D eigenvalue weighted by atomic mass is 9.85. The van der Waals surface area contributed by atoms with Crippen LogP contribution in [0.25, 0.3) is 0 Å². The Morgan fingerprint density at radius 2 is 2.05 bits per heavy atom. The second-order valence-corrected chi connectivity index (χ2v) is 5.36. The van der Waals surface area contributed by atoms with Gasteiger partial charge in [-0.25, -0.2) is 8.78 Å². The van der Waals surface area contributed by atoms with E-state index >= 15 is 0 Å². The summed E-state index contributed by atoms with van der Waals surface area (Å²) in [6, 6.07) is 3.60. The Hall–Kier alpha value is -1.20. The minimum atomic E-state index is -0.672. The zero-order chi connectivity index (χ0) is 15.2. The van der Waals surface area contributed by atoms with Crippen molar-refractivity contribution in [3.05, 3.63) is 29.8 Å². The lowest BCUT2D eigenvalue weighted by Gasteiger charge is -2.44. The van der Waals surface area contributed by atoms with Crippen LogP contribution in [0.2, 0.25) is 0 Å². The number of hydrogen-bond donors (Lipinski definition) is 1. The minimum absolute atomic E-state index is 0.0825. The van der Waals surface area contributed by atoms with E-state index in [0.29, 0.717) is 6.61 Å². The molecule has 118 valence electrons. The third kappa shape index (κ3) is 4.14. The molecule has 1 aliphatic rings. The summed E-state index contributed by atoms with van der Waals surface area (Å²) in [5, 5.41) is 3.41. The van der Waals surface area contributed by atoms with Crippen LogP contribution < -0.4 is 10.1 Å². The average Bonchev–Trinajstić information content (AvgIpc) is 2.44. The normalized spacial score (nSPS) is 24.7. The van der Waals surface area contributed by atoms with Crippen molar-refractivity contribution in [2.45, 2.75) is 51.4 Å². The van der Waals surface area contributed by atoms with Crippen molar-refractivity contribution in [2.75, 3.05) is 13.2 Å². The van der Waals surface area contributed by atoms with Crippen molar-refractivity contribution in [3.8, 4) is 5.75 Å². The van der Waals surface area contributed by atoms with Crippen molar-refractivity contribution in [3.63, 3.8) is 0 Å². The predicted molar refractivity (Wildman–Crippen MR) is 77.5 cm³/mol. The molecule has 1 aliphatic carbocycles. The fourth-order valence-corrected chi connectivity index (χ4v) is 2.44. The fraction of sp³-hybridized carbons (Fsp3) is 0.625. The molecule has 3 atom stereocenters. The molecular weight excluding hydrogens is 276 g/mol. The quantitative estimate of drug-likeness (QED) is 0.799. The Bertz CT molecular complexity index is 456. The predicted octanol–water partition coefficient (Wildman–Crippen LogP) is 3.28. The third-order valence-corrected chi connectivity index (χ3v) is 3.59. The van der Waals surface area contributed by atoms with Gasteiger partial charge in [-0.1, -0.05) is 13.8 Å². The van der Waals surface area contributed by atoms with Crippen LogP contribution in [0.4, 0.5) is 8.78 Å². The maximum Gasteiger partial charge on any atom is 0.167 e. The standard InChI is InChI=1S/C16H23F2NO2/c1-3-7-19-13-10-15(16(13)20-8-4-2)21-14-6-5-11(17)9-12(14)18/h5-6,9,13,15-16,19H,3-4,7-8,10H2,1-2H3. The van der Waals surface area contributed by atoms with Gasteiger partial charge in [-0.3, -0.25) is 0 Å². The maximum absolute atomic E-state index is 13.6. The topological polar surface area (TPSA) is 30.5 Å². The van der Waals surface area contributed by atoms with E-state index in [4.69, 9.17) is 9.47 Å². The highest BCUT2D eigenvalue weighted by Crippen LogP contribution is 2.30. The third-order valence-electron chi connectivity index (χ3n) is 3.59. The number of nitrogens with one attached hydrogen (secondary N) is 1. The van der Waals surface area contributed by atoms with Gasteiger partial charge in [0.05, 0.1) is 0 Å². The molecule has 3 unspecified atom stereocenters. The molecule has 2 rings (SSSR count). The molecule has 0 heterocycles. The van der Waals surface area contributed by atoms with Gasteiger partial charge in [0.2, 0.25) is 0 Å². The smallest absolute Gasteiger partial charge is 0.167 e. The largest absolute Gasteiger partial charge is 0.485 e. The molecule has 0 amide bonds. The monoisotopic (exact) mass is 299 g/mol. The summed E-state index contributed by atoms with van der Waals surface area (Å²) in [4.78, 5) is 0. The highest BCUT2D eigenvalue weighted by molar-refractivity contribution is 5.25. The van der Waals surface area contributed by atoms with Gasteiger partial charge >= 0.3 is 0 Å². The SMILES string of the molecule is CCCNC1CC(Oc2ccc(F)cc2F)C1OCCC. The molecule has 0 spiro atoms. The first-order chi connectivity index (χ1) is 10.2. The molecule has 0 saturated heterocycles. The van der Waals surface area contributed by atoms with E-state index in [1.165, 1.54) is 12.1 Å². The Balaban J connectivity index is 1.95. The number of hydrogen-bond acceptors (Lipinski definition) is 3. The van der Waals surface area contributed by atoms with E-state index < -0.39 is 11.6 Å². The molecule has 0 aliphatic heterocycles. The van der Waals surface area contributed by atoms with Gasteiger partial charge < -0.3 is 14.8 Å². The second-order valence-electron chi connectivity index (χ2n) is 5.36. The van der Waals surface area contributed by atoms with Crippen molar-refractivity contribution in [1.82, 2.24) is 5.32 Å². The number of halogens is 2. The lowest BCUT2D eigenvalue weighted by Crippen LogP contribution is -2.61. The summed E-state index contributed by atoms with van der Waals surface area (Å²) in [5.74, 6) is -1.19. The van der Waals surface area contributed by atoms with Gasteiger partial charge in [0.15, 0.2) is 11.6 Å². The Kier molecular flexibility index (Phi) is 5.94. The van der Waals surface area contributed by atoms with E-state index in [0.717, 1.165) is 31.9 Å². The molecule has 21 heavy (non-hydrogen) atoms. The summed E-state index contributed by atoms with van der Waals surface area (Å²) in [6.07, 6.45) is 2.47.